The minimum Gasteiger partial charge on any atom is -0.460 e. The van der Waals surface area contributed by atoms with Crippen LogP contribution < -0.4 is 0 Å². The maximum Gasteiger partial charge on any atom is 0.134 e. The third-order valence-electron chi connectivity index (χ3n) is 2.26. The van der Waals surface area contributed by atoms with E-state index < -0.39 is 0 Å². The van der Waals surface area contributed by atoms with E-state index >= 15 is 0 Å². The number of hydrogen-bond acceptors (Lipinski definition) is 2. The highest BCUT2D eigenvalue weighted by atomic mass is 32.1. The number of rotatable bonds is 1. The summed E-state index contributed by atoms with van der Waals surface area (Å²) in [7, 11) is 0. The van der Waals surface area contributed by atoms with E-state index in [1.807, 2.05) is 25.1 Å². The van der Waals surface area contributed by atoms with Gasteiger partial charge in [-0.25, -0.2) is 0 Å². The van der Waals surface area contributed by atoms with Crippen LogP contribution in [0.25, 0.3) is 11.0 Å². The lowest BCUT2D eigenvalue weighted by molar-refractivity contribution is 0.550. The zero-order valence-corrected chi connectivity index (χ0v) is 8.64. The highest BCUT2D eigenvalue weighted by molar-refractivity contribution is 7.80. The van der Waals surface area contributed by atoms with Crippen molar-refractivity contribution in [2.24, 2.45) is 0 Å². The molecule has 2 heteroatoms. The van der Waals surface area contributed by atoms with Crippen molar-refractivity contribution in [3.8, 4) is 0 Å². The van der Waals surface area contributed by atoms with E-state index in [0.717, 1.165) is 11.3 Å². The fraction of sp³-hybridized carbons (Fsp3) is 0.273. The van der Waals surface area contributed by atoms with Crippen molar-refractivity contribution in [1.29, 1.82) is 0 Å². The van der Waals surface area contributed by atoms with Gasteiger partial charge in [-0.3, -0.25) is 0 Å². The molecule has 0 bridgehead atoms. The summed E-state index contributed by atoms with van der Waals surface area (Å²) in [4.78, 5) is 0. The largest absolute Gasteiger partial charge is 0.460 e. The lowest BCUT2D eigenvalue weighted by Crippen LogP contribution is -1.82. The number of benzene rings is 1. The topological polar surface area (TPSA) is 13.1 Å². The first kappa shape index (κ1) is 8.70. The Balaban J connectivity index is 2.74. The van der Waals surface area contributed by atoms with Crippen molar-refractivity contribution in [2.45, 2.75) is 19.1 Å². The lowest BCUT2D eigenvalue weighted by Gasteiger charge is -1.99. The van der Waals surface area contributed by atoms with Gasteiger partial charge < -0.3 is 4.42 Å². The van der Waals surface area contributed by atoms with E-state index in [1.54, 1.807) is 0 Å². The Hall–Kier alpha value is -0.890. The van der Waals surface area contributed by atoms with E-state index in [2.05, 4.69) is 25.6 Å². The normalized spacial score (nSPS) is 13.5. The van der Waals surface area contributed by atoms with Gasteiger partial charge in [0.2, 0.25) is 0 Å². The van der Waals surface area contributed by atoms with Crippen molar-refractivity contribution < 1.29 is 4.42 Å². The molecule has 0 aliphatic rings. The van der Waals surface area contributed by atoms with E-state index in [4.69, 9.17) is 4.42 Å². The van der Waals surface area contributed by atoms with Crippen molar-refractivity contribution >= 4 is 23.6 Å². The van der Waals surface area contributed by atoms with Crippen LogP contribution in [0.3, 0.4) is 0 Å². The third-order valence-corrected chi connectivity index (χ3v) is 2.49. The molecular formula is C11H12OS. The molecule has 1 aromatic heterocycles. The molecule has 0 spiro atoms. The lowest BCUT2D eigenvalue weighted by atomic mass is 10.1. The molecule has 0 radical (unpaired) electrons. The van der Waals surface area contributed by atoms with Gasteiger partial charge in [0.15, 0.2) is 0 Å². The second-order valence-corrected chi connectivity index (χ2v) is 4.04. The Morgan fingerprint density at radius 3 is 2.62 bits per heavy atom. The molecule has 13 heavy (non-hydrogen) atoms. The summed E-state index contributed by atoms with van der Waals surface area (Å²) < 4.78 is 5.68. The first-order valence-corrected chi connectivity index (χ1v) is 4.88. The number of hydrogen-bond donors (Lipinski definition) is 1. The van der Waals surface area contributed by atoms with Gasteiger partial charge >= 0.3 is 0 Å². The highest BCUT2D eigenvalue weighted by Gasteiger charge is 2.12. The van der Waals surface area contributed by atoms with Crippen molar-refractivity contribution in [1.82, 2.24) is 0 Å². The van der Waals surface area contributed by atoms with Gasteiger partial charge in [0.25, 0.3) is 0 Å². The van der Waals surface area contributed by atoms with Gasteiger partial charge in [-0.1, -0.05) is 18.2 Å². The average Bonchev–Trinajstić information content (AvgIpc) is 2.45. The monoisotopic (exact) mass is 192 g/mol. The van der Waals surface area contributed by atoms with Crippen LogP contribution in [0.2, 0.25) is 0 Å². The van der Waals surface area contributed by atoms with Gasteiger partial charge in [0.05, 0.1) is 5.25 Å². The fourth-order valence-corrected chi connectivity index (χ4v) is 1.84. The molecule has 0 saturated carbocycles. The summed E-state index contributed by atoms with van der Waals surface area (Å²) >= 11 is 4.37. The predicted molar refractivity (Wildman–Crippen MR) is 58.4 cm³/mol. The molecule has 1 heterocycles. The molecule has 0 amide bonds. The van der Waals surface area contributed by atoms with Crippen LogP contribution in [-0.4, -0.2) is 0 Å². The smallest absolute Gasteiger partial charge is 0.134 e. The summed E-state index contributed by atoms with van der Waals surface area (Å²) in [6, 6.07) is 8.08. The molecule has 0 N–H and O–H groups in total. The number of aryl methyl sites for hydroxylation is 1. The zero-order chi connectivity index (χ0) is 9.42. The highest BCUT2D eigenvalue weighted by Crippen LogP contribution is 2.31. The Labute approximate surface area is 83.2 Å². The predicted octanol–water partition coefficient (Wildman–Crippen LogP) is 3.73. The van der Waals surface area contributed by atoms with Crippen LogP contribution in [0.1, 0.15) is 23.5 Å². The van der Waals surface area contributed by atoms with Crippen molar-refractivity contribution in [3.05, 3.63) is 35.6 Å². The third kappa shape index (κ3) is 1.35. The maximum absolute atomic E-state index is 5.68. The molecule has 68 valence electrons. The van der Waals surface area contributed by atoms with Gasteiger partial charge in [-0.05, 0) is 25.5 Å². The van der Waals surface area contributed by atoms with Gasteiger partial charge in [0, 0.05) is 5.39 Å². The van der Waals surface area contributed by atoms with Crippen LogP contribution in [0, 0.1) is 6.92 Å². The molecule has 2 aromatic rings. The zero-order valence-electron chi connectivity index (χ0n) is 7.74. The van der Waals surface area contributed by atoms with E-state index in [1.165, 1.54) is 10.9 Å². The molecule has 1 nitrogen and oxygen atoms in total. The van der Waals surface area contributed by atoms with Crippen molar-refractivity contribution in [3.63, 3.8) is 0 Å². The summed E-state index contributed by atoms with van der Waals surface area (Å²) in [6.07, 6.45) is 0. The summed E-state index contributed by atoms with van der Waals surface area (Å²) in [5, 5.41) is 1.35. The average molecular weight is 192 g/mol. The second-order valence-electron chi connectivity index (χ2n) is 3.26. The molecule has 0 aliphatic heterocycles. The minimum absolute atomic E-state index is 0.160. The van der Waals surface area contributed by atoms with Gasteiger partial charge in [0.1, 0.15) is 11.3 Å². The quantitative estimate of drug-likeness (QED) is 0.679. The standard InChI is InChI=1S/C11H12OS/c1-7-9-5-3-4-6-10(9)12-11(7)8(2)13/h3-6,8,13H,1-2H3. The second kappa shape index (κ2) is 3.11. The Morgan fingerprint density at radius 2 is 2.00 bits per heavy atom. The number of furan rings is 1. The molecule has 1 aromatic carbocycles. The summed E-state index contributed by atoms with van der Waals surface area (Å²) in [6.45, 7) is 4.10. The Morgan fingerprint density at radius 1 is 1.31 bits per heavy atom. The van der Waals surface area contributed by atoms with Crippen molar-refractivity contribution in [2.75, 3.05) is 0 Å². The minimum atomic E-state index is 0.160. The number of thiol groups is 1. The van der Waals surface area contributed by atoms with Crippen LogP contribution in [0.4, 0.5) is 0 Å². The summed E-state index contributed by atoms with van der Waals surface area (Å²) in [5.41, 5.74) is 2.16. The van der Waals surface area contributed by atoms with Gasteiger partial charge in [-0.15, -0.1) is 0 Å². The van der Waals surface area contributed by atoms with Crippen LogP contribution in [0.15, 0.2) is 28.7 Å². The van der Waals surface area contributed by atoms with Crippen LogP contribution >= 0.6 is 12.6 Å². The molecule has 0 fully saturated rings. The summed E-state index contributed by atoms with van der Waals surface area (Å²) in [5.74, 6) is 0.976. The first-order chi connectivity index (χ1) is 6.20. The maximum atomic E-state index is 5.68. The molecule has 1 unspecified atom stereocenters. The molecule has 0 aliphatic carbocycles. The fourth-order valence-electron chi connectivity index (χ4n) is 1.59. The SMILES string of the molecule is Cc1c(C(C)S)oc2ccccc12. The van der Waals surface area contributed by atoms with E-state index in [9.17, 15) is 0 Å². The Kier molecular flexibility index (Phi) is 2.08. The molecule has 1 atom stereocenters. The van der Waals surface area contributed by atoms with Crippen LogP contribution in [0.5, 0.6) is 0 Å². The molecule has 2 rings (SSSR count). The van der Waals surface area contributed by atoms with Gasteiger partial charge in [-0.2, -0.15) is 12.6 Å². The van der Waals surface area contributed by atoms with E-state index in [0.29, 0.717) is 0 Å². The van der Waals surface area contributed by atoms with E-state index in [-0.39, 0.29) is 5.25 Å². The first-order valence-electron chi connectivity index (χ1n) is 4.36. The molecule has 0 saturated heterocycles. The number of fused-ring (bicyclic) bond motifs is 1. The number of para-hydroxylation sites is 1. The van der Waals surface area contributed by atoms with Crippen LogP contribution in [-0.2, 0) is 0 Å². The Bertz CT molecular complexity index is 429. The molecular weight excluding hydrogens is 180 g/mol.